The summed E-state index contributed by atoms with van der Waals surface area (Å²) in [5, 5.41) is 1.87. The Balaban J connectivity index is 2.28. The number of amides is 1. The van der Waals surface area contributed by atoms with E-state index in [2.05, 4.69) is 15.9 Å². The monoisotopic (exact) mass is 323 g/mol. The van der Waals surface area contributed by atoms with Crippen LogP contribution < -0.4 is 4.90 Å². The predicted octanol–water partition coefficient (Wildman–Crippen LogP) is 3.33. The van der Waals surface area contributed by atoms with Gasteiger partial charge in [-0.1, -0.05) is 0 Å². The van der Waals surface area contributed by atoms with E-state index in [1.54, 1.807) is 31.3 Å². The zero-order chi connectivity index (χ0) is 13.1. The molecule has 0 fully saturated rings. The van der Waals surface area contributed by atoms with Crippen molar-refractivity contribution in [1.29, 1.82) is 0 Å². The third-order valence-corrected chi connectivity index (χ3v) is 4.35. The van der Waals surface area contributed by atoms with Crippen molar-refractivity contribution in [3.8, 4) is 0 Å². The summed E-state index contributed by atoms with van der Waals surface area (Å²) < 4.78 is 0.812. The molecule has 0 atom stereocenters. The topological polar surface area (TPSA) is 37.4 Å². The summed E-state index contributed by atoms with van der Waals surface area (Å²) in [4.78, 5) is 24.9. The van der Waals surface area contributed by atoms with Crippen LogP contribution in [-0.4, -0.2) is 19.2 Å². The lowest BCUT2D eigenvalue weighted by molar-refractivity contribution is -0.107. The van der Waals surface area contributed by atoms with Gasteiger partial charge in [0.1, 0.15) is 0 Å². The summed E-state index contributed by atoms with van der Waals surface area (Å²) in [6.07, 6.45) is 0.729. The average molecular weight is 324 g/mol. The van der Waals surface area contributed by atoms with Crippen LogP contribution in [0.3, 0.4) is 0 Å². The molecule has 0 aliphatic carbocycles. The molecule has 92 valence electrons. The highest BCUT2D eigenvalue weighted by atomic mass is 79.9. The molecule has 1 aromatic heterocycles. The quantitative estimate of drug-likeness (QED) is 0.639. The zero-order valence-corrected chi connectivity index (χ0v) is 12.0. The van der Waals surface area contributed by atoms with Gasteiger partial charge in [-0.05, 0) is 51.6 Å². The molecule has 0 radical (unpaired) electrons. The number of benzene rings is 1. The normalized spacial score (nSPS) is 10.1. The number of rotatable bonds is 4. The van der Waals surface area contributed by atoms with Crippen LogP contribution in [-0.2, 0) is 4.79 Å². The Kier molecular flexibility index (Phi) is 3.93. The molecule has 1 aromatic carbocycles. The van der Waals surface area contributed by atoms with E-state index >= 15 is 0 Å². The van der Waals surface area contributed by atoms with Gasteiger partial charge in [-0.2, -0.15) is 0 Å². The van der Waals surface area contributed by atoms with E-state index < -0.39 is 0 Å². The number of hydrogen-bond acceptors (Lipinski definition) is 3. The number of nitrogens with zero attached hydrogens (tertiary/aromatic N) is 1. The molecule has 2 rings (SSSR count). The minimum atomic E-state index is -0.0165. The summed E-state index contributed by atoms with van der Waals surface area (Å²) >= 11 is 4.75. The molecule has 18 heavy (non-hydrogen) atoms. The Morgan fingerprint density at radius 2 is 1.94 bits per heavy atom. The van der Waals surface area contributed by atoms with Crippen LogP contribution >= 0.6 is 27.3 Å². The fraction of sp³-hybridized carbons (Fsp3) is 0.0769. The Morgan fingerprint density at radius 3 is 2.44 bits per heavy atom. The van der Waals surface area contributed by atoms with Crippen molar-refractivity contribution in [3.63, 3.8) is 0 Å². The molecule has 0 saturated heterocycles. The molecule has 0 bridgehead atoms. The summed E-state index contributed by atoms with van der Waals surface area (Å²) in [5.74, 6) is -0.0165. The molecule has 0 aliphatic rings. The molecule has 1 heterocycles. The maximum absolute atomic E-state index is 12.2. The molecule has 2 aromatic rings. The highest BCUT2D eigenvalue weighted by molar-refractivity contribution is 9.10. The minimum absolute atomic E-state index is 0.0165. The molecule has 1 amide bonds. The largest absolute Gasteiger partial charge is 0.318 e. The van der Waals surface area contributed by atoms with Gasteiger partial charge in [0.2, 0.25) is 12.2 Å². The van der Waals surface area contributed by atoms with E-state index in [4.69, 9.17) is 0 Å². The first-order valence-electron chi connectivity index (χ1n) is 5.19. The first-order chi connectivity index (χ1) is 8.63. The van der Waals surface area contributed by atoms with Crippen LogP contribution in [0, 0.1) is 0 Å². The van der Waals surface area contributed by atoms with Gasteiger partial charge in [0, 0.05) is 22.8 Å². The van der Waals surface area contributed by atoms with E-state index in [0.717, 1.165) is 16.6 Å². The standard InChI is InChI=1S/C13H10BrNO2S/c1-15(8-16)10-4-2-9(3-5-10)12(17)13-11(14)6-7-18-13/h2-8H,1H3. The van der Waals surface area contributed by atoms with Crippen LogP contribution in [0.1, 0.15) is 15.2 Å². The predicted molar refractivity (Wildman–Crippen MR) is 76.4 cm³/mol. The molecular formula is C13H10BrNO2S. The van der Waals surface area contributed by atoms with Gasteiger partial charge in [-0.3, -0.25) is 9.59 Å². The van der Waals surface area contributed by atoms with Crippen LogP contribution in [0.2, 0.25) is 0 Å². The number of carbonyl (C=O) groups excluding carboxylic acids is 2. The highest BCUT2D eigenvalue weighted by Crippen LogP contribution is 2.26. The molecule has 0 saturated carbocycles. The third kappa shape index (κ3) is 2.52. The molecule has 0 unspecified atom stereocenters. The molecule has 5 heteroatoms. The fourth-order valence-electron chi connectivity index (χ4n) is 1.50. The SMILES string of the molecule is CN(C=O)c1ccc(C(=O)c2sccc2Br)cc1. The summed E-state index contributed by atoms with van der Waals surface area (Å²) in [5.41, 5.74) is 1.37. The van der Waals surface area contributed by atoms with Gasteiger partial charge >= 0.3 is 0 Å². The second-order valence-electron chi connectivity index (χ2n) is 3.69. The number of carbonyl (C=O) groups is 2. The van der Waals surface area contributed by atoms with Gasteiger partial charge in [0.05, 0.1) is 4.88 Å². The lowest BCUT2D eigenvalue weighted by Crippen LogP contribution is -2.13. The van der Waals surface area contributed by atoms with Gasteiger partial charge in [-0.25, -0.2) is 0 Å². The first kappa shape index (κ1) is 13.0. The first-order valence-corrected chi connectivity index (χ1v) is 6.86. The molecule has 0 N–H and O–H groups in total. The second-order valence-corrected chi connectivity index (χ2v) is 5.46. The molecule has 0 aliphatic heterocycles. The summed E-state index contributed by atoms with van der Waals surface area (Å²) in [7, 11) is 1.67. The maximum Gasteiger partial charge on any atom is 0.213 e. The number of anilines is 1. The fourth-order valence-corrected chi connectivity index (χ4v) is 3.01. The zero-order valence-electron chi connectivity index (χ0n) is 9.59. The lowest BCUT2D eigenvalue weighted by Gasteiger charge is -2.10. The van der Waals surface area contributed by atoms with Crippen molar-refractivity contribution >= 4 is 45.1 Å². The highest BCUT2D eigenvalue weighted by Gasteiger charge is 2.14. The average Bonchev–Trinajstić information content (AvgIpc) is 2.83. The van der Waals surface area contributed by atoms with Crippen molar-refractivity contribution in [2.75, 3.05) is 11.9 Å². The van der Waals surface area contributed by atoms with E-state index in [9.17, 15) is 9.59 Å². The van der Waals surface area contributed by atoms with Crippen molar-refractivity contribution in [2.24, 2.45) is 0 Å². The van der Waals surface area contributed by atoms with E-state index in [0.29, 0.717) is 10.4 Å². The molecule has 3 nitrogen and oxygen atoms in total. The second kappa shape index (κ2) is 5.46. The Bertz CT molecular complexity index is 577. The van der Waals surface area contributed by atoms with Crippen LogP contribution in [0.5, 0.6) is 0 Å². The van der Waals surface area contributed by atoms with Crippen molar-refractivity contribution in [1.82, 2.24) is 0 Å². The van der Waals surface area contributed by atoms with Crippen molar-refractivity contribution in [3.05, 3.63) is 50.6 Å². The summed E-state index contributed by atoms with van der Waals surface area (Å²) in [6, 6.07) is 8.81. The number of ketones is 1. The Morgan fingerprint density at radius 1 is 1.28 bits per heavy atom. The van der Waals surface area contributed by atoms with Gasteiger partial charge in [0.15, 0.2) is 0 Å². The molecular weight excluding hydrogens is 314 g/mol. The van der Waals surface area contributed by atoms with Crippen molar-refractivity contribution in [2.45, 2.75) is 0 Å². The van der Waals surface area contributed by atoms with Crippen LogP contribution in [0.25, 0.3) is 0 Å². The van der Waals surface area contributed by atoms with Crippen molar-refractivity contribution < 1.29 is 9.59 Å². The van der Waals surface area contributed by atoms with Crippen LogP contribution in [0.15, 0.2) is 40.2 Å². The number of halogens is 1. The van der Waals surface area contributed by atoms with Gasteiger partial charge in [0.25, 0.3) is 0 Å². The van der Waals surface area contributed by atoms with Gasteiger partial charge < -0.3 is 4.90 Å². The maximum atomic E-state index is 12.2. The summed E-state index contributed by atoms with van der Waals surface area (Å²) in [6.45, 7) is 0. The van der Waals surface area contributed by atoms with E-state index in [1.807, 2.05) is 11.4 Å². The van der Waals surface area contributed by atoms with E-state index in [-0.39, 0.29) is 5.78 Å². The Hall–Kier alpha value is -1.46. The lowest BCUT2D eigenvalue weighted by atomic mass is 10.1. The molecule has 0 spiro atoms. The Labute approximate surface area is 117 Å². The minimum Gasteiger partial charge on any atom is -0.318 e. The number of hydrogen-bond donors (Lipinski definition) is 0. The van der Waals surface area contributed by atoms with E-state index in [1.165, 1.54) is 16.2 Å². The third-order valence-electron chi connectivity index (χ3n) is 2.52. The smallest absolute Gasteiger partial charge is 0.213 e. The van der Waals surface area contributed by atoms with Gasteiger partial charge in [-0.15, -0.1) is 11.3 Å². The number of thiophene rings is 1. The van der Waals surface area contributed by atoms with Crippen LogP contribution in [0.4, 0.5) is 5.69 Å².